The molecule has 0 aromatic rings. The molecular weight excluding hydrogens is 220 g/mol. The molecule has 0 bridgehead atoms. The van der Waals surface area contributed by atoms with E-state index in [-0.39, 0.29) is 0 Å². The molecule has 1 aliphatic heterocycles. The number of hydrogen-bond acceptors (Lipinski definition) is 2. The van der Waals surface area contributed by atoms with E-state index in [4.69, 9.17) is 0 Å². The van der Waals surface area contributed by atoms with Crippen molar-refractivity contribution in [2.75, 3.05) is 26.2 Å². The van der Waals surface area contributed by atoms with Gasteiger partial charge in [-0.1, -0.05) is 53.2 Å². The van der Waals surface area contributed by atoms with Gasteiger partial charge in [-0.2, -0.15) is 0 Å². The van der Waals surface area contributed by atoms with E-state index < -0.39 is 0 Å². The van der Waals surface area contributed by atoms with Crippen LogP contribution in [0.4, 0.5) is 0 Å². The van der Waals surface area contributed by atoms with Crippen molar-refractivity contribution >= 4 is 0 Å². The molecule has 2 heteroatoms. The molecule has 1 unspecified atom stereocenters. The molecule has 2 nitrogen and oxygen atoms in total. The van der Waals surface area contributed by atoms with Crippen LogP contribution in [0.25, 0.3) is 0 Å². The molecule has 1 rings (SSSR count). The standard InChI is InChI=1S/C16H32N2/c1-13(2)17-11-14(3)12-18-9-7-15(8-10-18)16(4,5)6/h7,13-14,17H,8-12H2,1-6H3. The molecule has 1 heterocycles. The van der Waals surface area contributed by atoms with E-state index in [1.54, 1.807) is 5.57 Å². The number of hydrogen-bond donors (Lipinski definition) is 1. The summed E-state index contributed by atoms with van der Waals surface area (Å²) in [5.74, 6) is 0.733. The summed E-state index contributed by atoms with van der Waals surface area (Å²) in [4.78, 5) is 2.59. The second kappa shape index (κ2) is 6.72. The SMILES string of the molecule is CC(CNC(C)C)CN1CC=C(C(C)(C)C)CC1. The van der Waals surface area contributed by atoms with Gasteiger partial charge >= 0.3 is 0 Å². The van der Waals surface area contributed by atoms with E-state index >= 15 is 0 Å². The number of rotatable bonds is 5. The Labute approximate surface area is 114 Å². The Morgan fingerprint density at radius 1 is 1.28 bits per heavy atom. The van der Waals surface area contributed by atoms with Crippen molar-refractivity contribution in [1.29, 1.82) is 0 Å². The van der Waals surface area contributed by atoms with Crippen LogP contribution in [0.5, 0.6) is 0 Å². The first kappa shape index (κ1) is 15.7. The maximum atomic E-state index is 3.53. The van der Waals surface area contributed by atoms with Crippen LogP contribution >= 0.6 is 0 Å². The highest BCUT2D eigenvalue weighted by atomic mass is 15.1. The van der Waals surface area contributed by atoms with Gasteiger partial charge in [0.25, 0.3) is 0 Å². The lowest BCUT2D eigenvalue weighted by atomic mass is 9.83. The van der Waals surface area contributed by atoms with Gasteiger partial charge in [-0.05, 0) is 24.3 Å². The monoisotopic (exact) mass is 252 g/mol. The van der Waals surface area contributed by atoms with Gasteiger partial charge < -0.3 is 5.32 Å². The van der Waals surface area contributed by atoms with Crippen LogP contribution in [-0.4, -0.2) is 37.1 Å². The van der Waals surface area contributed by atoms with Crippen LogP contribution in [0.3, 0.4) is 0 Å². The molecule has 0 fully saturated rings. The molecule has 0 aromatic heterocycles. The van der Waals surface area contributed by atoms with E-state index in [1.807, 2.05) is 0 Å². The van der Waals surface area contributed by atoms with Crippen molar-refractivity contribution in [3.63, 3.8) is 0 Å². The first-order chi connectivity index (χ1) is 8.29. The van der Waals surface area contributed by atoms with Gasteiger partial charge in [-0.25, -0.2) is 0 Å². The Hall–Kier alpha value is -0.340. The van der Waals surface area contributed by atoms with Gasteiger partial charge in [-0.3, -0.25) is 4.90 Å². The molecule has 0 amide bonds. The fourth-order valence-corrected chi connectivity index (χ4v) is 2.50. The lowest BCUT2D eigenvalue weighted by Gasteiger charge is -2.33. The quantitative estimate of drug-likeness (QED) is 0.755. The van der Waals surface area contributed by atoms with Gasteiger partial charge in [0.05, 0.1) is 0 Å². The zero-order valence-electron chi connectivity index (χ0n) is 13.2. The third-order valence-corrected chi connectivity index (χ3v) is 3.70. The summed E-state index contributed by atoms with van der Waals surface area (Å²) in [6.45, 7) is 18.5. The Balaban J connectivity index is 2.33. The minimum Gasteiger partial charge on any atom is -0.314 e. The summed E-state index contributed by atoms with van der Waals surface area (Å²) < 4.78 is 0. The van der Waals surface area contributed by atoms with Gasteiger partial charge in [0.15, 0.2) is 0 Å². The van der Waals surface area contributed by atoms with Crippen LogP contribution in [0.15, 0.2) is 11.6 Å². The summed E-state index contributed by atoms with van der Waals surface area (Å²) in [5, 5.41) is 3.53. The van der Waals surface area contributed by atoms with E-state index in [2.05, 4.69) is 57.8 Å². The Morgan fingerprint density at radius 3 is 2.39 bits per heavy atom. The maximum Gasteiger partial charge on any atom is 0.0166 e. The normalized spacial score (nSPS) is 20.1. The molecule has 0 radical (unpaired) electrons. The van der Waals surface area contributed by atoms with Crippen LogP contribution in [-0.2, 0) is 0 Å². The third-order valence-electron chi connectivity index (χ3n) is 3.70. The van der Waals surface area contributed by atoms with Crippen LogP contribution in [0, 0.1) is 11.3 Å². The van der Waals surface area contributed by atoms with E-state index in [9.17, 15) is 0 Å². The lowest BCUT2D eigenvalue weighted by molar-refractivity contribution is 0.239. The average molecular weight is 252 g/mol. The minimum absolute atomic E-state index is 0.358. The van der Waals surface area contributed by atoms with Gasteiger partial charge in [0, 0.05) is 25.7 Å². The maximum absolute atomic E-state index is 3.53. The van der Waals surface area contributed by atoms with E-state index in [0.29, 0.717) is 11.5 Å². The van der Waals surface area contributed by atoms with Crippen molar-refractivity contribution in [3.8, 4) is 0 Å². The minimum atomic E-state index is 0.358. The lowest BCUT2D eigenvalue weighted by Crippen LogP contribution is -2.38. The largest absolute Gasteiger partial charge is 0.314 e. The summed E-state index contributed by atoms with van der Waals surface area (Å²) in [6, 6.07) is 0.598. The molecule has 0 saturated heterocycles. The zero-order valence-corrected chi connectivity index (χ0v) is 13.2. The van der Waals surface area contributed by atoms with Crippen LogP contribution in [0.2, 0.25) is 0 Å². The molecule has 1 N–H and O–H groups in total. The predicted octanol–water partition coefficient (Wildman–Crippen LogP) is 3.30. The topological polar surface area (TPSA) is 15.3 Å². The van der Waals surface area contributed by atoms with Gasteiger partial charge in [0.2, 0.25) is 0 Å². The Kier molecular flexibility index (Phi) is 5.87. The highest BCUT2D eigenvalue weighted by molar-refractivity contribution is 5.14. The Bertz CT molecular complexity index is 273. The summed E-state index contributed by atoms with van der Waals surface area (Å²) in [6.07, 6.45) is 3.69. The third kappa shape index (κ3) is 5.53. The first-order valence-electron chi connectivity index (χ1n) is 7.44. The summed E-state index contributed by atoms with van der Waals surface area (Å²) >= 11 is 0. The second-order valence-electron chi connectivity index (χ2n) is 7.16. The highest BCUT2D eigenvalue weighted by Gasteiger charge is 2.21. The molecule has 0 aromatic carbocycles. The van der Waals surface area contributed by atoms with Gasteiger partial charge in [-0.15, -0.1) is 0 Å². The number of nitrogens with one attached hydrogen (secondary N) is 1. The van der Waals surface area contributed by atoms with E-state index in [1.165, 1.54) is 19.5 Å². The Morgan fingerprint density at radius 2 is 1.94 bits per heavy atom. The van der Waals surface area contributed by atoms with Crippen molar-refractivity contribution in [1.82, 2.24) is 10.2 Å². The van der Waals surface area contributed by atoms with E-state index in [0.717, 1.165) is 19.0 Å². The molecule has 1 aliphatic rings. The number of nitrogens with zero attached hydrogens (tertiary/aromatic N) is 1. The molecule has 1 atom stereocenters. The molecule has 18 heavy (non-hydrogen) atoms. The fraction of sp³-hybridized carbons (Fsp3) is 0.875. The first-order valence-corrected chi connectivity index (χ1v) is 7.44. The predicted molar refractivity (Wildman–Crippen MR) is 80.9 cm³/mol. The second-order valence-corrected chi connectivity index (χ2v) is 7.16. The molecule has 0 saturated carbocycles. The molecule has 0 spiro atoms. The highest BCUT2D eigenvalue weighted by Crippen LogP contribution is 2.30. The summed E-state index contributed by atoms with van der Waals surface area (Å²) in [7, 11) is 0. The van der Waals surface area contributed by atoms with Crippen LogP contribution < -0.4 is 5.32 Å². The van der Waals surface area contributed by atoms with Crippen molar-refractivity contribution in [2.24, 2.45) is 11.3 Å². The smallest absolute Gasteiger partial charge is 0.0166 e. The van der Waals surface area contributed by atoms with Crippen molar-refractivity contribution in [3.05, 3.63) is 11.6 Å². The van der Waals surface area contributed by atoms with Crippen LogP contribution in [0.1, 0.15) is 48.0 Å². The molecular formula is C16H32N2. The van der Waals surface area contributed by atoms with Crippen molar-refractivity contribution in [2.45, 2.75) is 54.0 Å². The average Bonchev–Trinajstić information content (AvgIpc) is 2.26. The van der Waals surface area contributed by atoms with Gasteiger partial charge in [0.1, 0.15) is 0 Å². The molecule has 106 valence electrons. The molecule has 0 aliphatic carbocycles. The summed E-state index contributed by atoms with van der Waals surface area (Å²) in [5.41, 5.74) is 1.99. The zero-order chi connectivity index (χ0) is 13.8. The van der Waals surface area contributed by atoms with Crippen molar-refractivity contribution < 1.29 is 0 Å². The fourth-order valence-electron chi connectivity index (χ4n) is 2.50.